The van der Waals surface area contributed by atoms with Crippen molar-refractivity contribution in [1.29, 1.82) is 0 Å². The van der Waals surface area contributed by atoms with Crippen LogP contribution in [0.2, 0.25) is 0 Å². The second kappa shape index (κ2) is 6.80. The molecule has 0 spiro atoms. The van der Waals surface area contributed by atoms with Crippen LogP contribution in [0.4, 0.5) is 0 Å². The molecule has 0 saturated carbocycles. The maximum absolute atomic E-state index is 11.5. The van der Waals surface area contributed by atoms with E-state index >= 15 is 0 Å². The van der Waals surface area contributed by atoms with Crippen molar-refractivity contribution in [2.24, 2.45) is 5.92 Å². The van der Waals surface area contributed by atoms with Crippen molar-refractivity contribution >= 4 is 5.97 Å². The molecule has 3 aliphatic rings. The molecule has 2 aliphatic carbocycles. The third-order valence-electron chi connectivity index (χ3n) is 4.61. The predicted molar refractivity (Wildman–Crippen MR) is 87.5 cm³/mol. The molecule has 3 rings (SSSR count). The quantitative estimate of drug-likeness (QED) is 0.674. The first kappa shape index (κ1) is 15.5. The second-order valence-corrected chi connectivity index (χ2v) is 6.49. The average Bonchev–Trinajstić information content (AvgIpc) is 2.91. The molecule has 1 aliphatic heterocycles. The van der Waals surface area contributed by atoms with Gasteiger partial charge in [-0.3, -0.25) is 14.6 Å². The summed E-state index contributed by atoms with van der Waals surface area (Å²) in [6.45, 7) is 7.09. The molecule has 0 unspecified atom stereocenters. The maximum atomic E-state index is 11.5. The van der Waals surface area contributed by atoms with E-state index in [0.717, 1.165) is 13.1 Å². The Balaban J connectivity index is 1.48. The fourth-order valence-corrected chi connectivity index (χ4v) is 3.44. The number of carbonyl (C=O) groups is 1. The fraction of sp³-hybridized carbons (Fsp3) is 0.611. The van der Waals surface area contributed by atoms with Crippen LogP contribution in [0.5, 0.6) is 0 Å². The summed E-state index contributed by atoms with van der Waals surface area (Å²) in [6, 6.07) is 0. The number of esters is 1. The Morgan fingerprint density at radius 2 is 2.14 bits per heavy atom. The molecule has 0 aromatic rings. The van der Waals surface area contributed by atoms with Gasteiger partial charge < -0.3 is 4.74 Å². The second-order valence-electron chi connectivity index (χ2n) is 6.49. The molecule has 0 amide bonds. The van der Waals surface area contributed by atoms with Gasteiger partial charge in [-0.1, -0.05) is 18.2 Å². The zero-order chi connectivity index (χ0) is 15.5. The lowest BCUT2D eigenvalue weighted by Crippen LogP contribution is -2.28. The van der Waals surface area contributed by atoms with Crippen LogP contribution in [0.15, 0.2) is 34.9 Å². The molecule has 1 fully saturated rings. The van der Waals surface area contributed by atoms with Gasteiger partial charge in [0.1, 0.15) is 0 Å². The van der Waals surface area contributed by atoms with E-state index in [1.165, 1.54) is 42.7 Å². The highest BCUT2D eigenvalue weighted by Crippen LogP contribution is 2.45. The summed E-state index contributed by atoms with van der Waals surface area (Å²) < 4.78 is 5.00. The molecule has 0 N–H and O–H groups in total. The Hall–Kier alpha value is -1.39. The molecule has 1 heterocycles. The van der Waals surface area contributed by atoms with Crippen LogP contribution in [0.1, 0.15) is 19.8 Å². The van der Waals surface area contributed by atoms with Crippen LogP contribution >= 0.6 is 0 Å². The van der Waals surface area contributed by atoms with Crippen molar-refractivity contribution in [3.05, 3.63) is 34.9 Å². The van der Waals surface area contributed by atoms with E-state index in [1.54, 1.807) is 0 Å². The Morgan fingerprint density at radius 3 is 2.86 bits per heavy atom. The van der Waals surface area contributed by atoms with Gasteiger partial charge in [-0.15, -0.1) is 0 Å². The van der Waals surface area contributed by atoms with Gasteiger partial charge in [-0.2, -0.15) is 0 Å². The van der Waals surface area contributed by atoms with Crippen molar-refractivity contribution in [2.45, 2.75) is 19.8 Å². The fourth-order valence-electron chi connectivity index (χ4n) is 3.44. The average molecular weight is 302 g/mol. The molecular formula is C18H26N2O2. The lowest BCUT2D eigenvalue weighted by atomic mass is 10.1. The molecule has 0 aromatic carbocycles. The number of carbonyl (C=O) groups excluding carboxylic acids is 1. The van der Waals surface area contributed by atoms with E-state index < -0.39 is 0 Å². The van der Waals surface area contributed by atoms with Crippen LogP contribution < -0.4 is 0 Å². The summed E-state index contributed by atoms with van der Waals surface area (Å²) in [7, 11) is 1.98. The topological polar surface area (TPSA) is 32.8 Å². The number of nitrogens with zero attached hydrogens (tertiary/aromatic N) is 2. The Kier molecular flexibility index (Phi) is 4.79. The molecule has 0 radical (unpaired) electrons. The number of rotatable bonds is 7. The Morgan fingerprint density at radius 1 is 1.36 bits per heavy atom. The number of allylic oxidation sites excluding steroid dienone is 3. The number of hydrogen-bond donors (Lipinski definition) is 0. The third kappa shape index (κ3) is 3.68. The first-order valence-corrected chi connectivity index (χ1v) is 8.35. The first-order chi connectivity index (χ1) is 10.7. The molecule has 4 heteroatoms. The van der Waals surface area contributed by atoms with Crippen LogP contribution in [-0.4, -0.2) is 62.1 Å². The van der Waals surface area contributed by atoms with E-state index in [2.05, 4.69) is 23.1 Å². The SMILES string of the molecule is CCOC(=O)CN(C)CC1=C2C=CC(CN3CCCC3)=C[C@H]21. The largest absolute Gasteiger partial charge is 0.465 e. The molecule has 4 nitrogen and oxygen atoms in total. The first-order valence-electron chi connectivity index (χ1n) is 8.35. The van der Waals surface area contributed by atoms with E-state index in [0.29, 0.717) is 19.1 Å². The maximum Gasteiger partial charge on any atom is 0.320 e. The van der Waals surface area contributed by atoms with Crippen molar-refractivity contribution < 1.29 is 9.53 Å². The number of likely N-dealkylation sites (N-methyl/N-ethyl adjacent to an activating group) is 1. The van der Waals surface area contributed by atoms with Crippen LogP contribution in [0.3, 0.4) is 0 Å². The van der Waals surface area contributed by atoms with Gasteiger partial charge in [-0.25, -0.2) is 0 Å². The van der Waals surface area contributed by atoms with Gasteiger partial charge in [-0.05, 0) is 56.6 Å². The van der Waals surface area contributed by atoms with Gasteiger partial charge >= 0.3 is 5.97 Å². The van der Waals surface area contributed by atoms with E-state index in [1.807, 2.05) is 18.9 Å². The minimum absolute atomic E-state index is 0.139. The molecule has 0 aromatic heterocycles. The molecular weight excluding hydrogens is 276 g/mol. The zero-order valence-electron chi connectivity index (χ0n) is 13.7. The molecule has 120 valence electrons. The predicted octanol–water partition coefficient (Wildman–Crippen LogP) is 2.00. The highest BCUT2D eigenvalue weighted by atomic mass is 16.5. The van der Waals surface area contributed by atoms with E-state index in [4.69, 9.17) is 4.74 Å². The lowest BCUT2D eigenvalue weighted by Gasteiger charge is -2.17. The van der Waals surface area contributed by atoms with Crippen molar-refractivity contribution in [3.8, 4) is 0 Å². The summed E-state index contributed by atoms with van der Waals surface area (Å²) in [6.07, 6.45) is 9.62. The minimum atomic E-state index is -0.139. The summed E-state index contributed by atoms with van der Waals surface area (Å²) >= 11 is 0. The standard InChI is InChI=1S/C18H26N2O2/c1-3-22-18(21)13-19(2)12-17-15-7-6-14(10-16(15)17)11-20-8-4-5-9-20/h6-7,10,16H,3-5,8-9,11-13H2,1-2H3/t16-/m1/s1. The van der Waals surface area contributed by atoms with E-state index in [9.17, 15) is 4.79 Å². The smallest absolute Gasteiger partial charge is 0.320 e. The number of likely N-dealkylation sites (tertiary alicyclic amines) is 1. The number of hydrogen-bond acceptors (Lipinski definition) is 4. The summed E-state index contributed by atoms with van der Waals surface area (Å²) in [5.41, 5.74) is 4.35. The normalized spacial score (nSPS) is 23.8. The minimum Gasteiger partial charge on any atom is -0.465 e. The van der Waals surface area contributed by atoms with Crippen LogP contribution in [0.25, 0.3) is 0 Å². The monoisotopic (exact) mass is 302 g/mol. The van der Waals surface area contributed by atoms with Gasteiger partial charge in [0.05, 0.1) is 13.2 Å². The van der Waals surface area contributed by atoms with Crippen molar-refractivity contribution in [2.75, 3.05) is 46.4 Å². The lowest BCUT2D eigenvalue weighted by molar-refractivity contribution is -0.143. The number of fused-ring (bicyclic) bond motifs is 1. The zero-order valence-corrected chi connectivity index (χ0v) is 13.7. The Bertz CT molecular complexity index is 527. The third-order valence-corrected chi connectivity index (χ3v) is 4.61. The van der Waals surface area contributed by atoms with Gasteiger partial charge in [0.25, 0.3) is 0 Å². The van der Waals surface area contributed by atoms with Gasteiger partial charge in [0, 0.05) is 19.0 Å². The summed E-state index contributed by atoms with van der Waals surface area (Å²) in [5, 5.41) is 0. The molecule has 22 heavy (non-hydrogen) atoms. The Labute approximate surface area is 133 Å². The van der Waals surface area contributed by atoms with Crippen molar-refractivity contribution in [3.63, 3.8) is 0 Å². The van der Waals surface area contributed by atoms with Gasteiger partial charge in [0.15, 0.2) is 0 Å². The van der Waals surface area contributed by atoms with Crippen molar-refractivity contribution in [1.82, 2.24) is 9.80 Å². The molecule has 1 saturated heterocycles. The number of ether oxygens (including phenoxy) is 1. The molecule has 1 atom stereocenters. The summed E-state index contributed by atoms with van der Waals surface area (Å²) in [4.78, 5) is 16.1. The van der Waals surface area contributed by atoms with Crippen LogP contribution in [-0.2, 0) is 9.53 Å². The highest BCUT2D eigenvalue weighted by Gasteiger charge is 2.35. The highest BCUT2D eigenvalue weighted by molar-refractivity contribution is 5.71. The molecule has 0 bridgehead atoms. The van der Waals surface area contributed by atoms with Gasteiger partial charge in [0.2, 0.25) is 0 Å². The van der Waals surface area contributed by atoms with E-state index in [-0.39, 0.29) is 5.97 Å². The summed E-state index contributed by atoms with van der Waals surface area (Å²) in [5.74, 6) is 0.382. The van der Waals surface area contributed by atoms with Crippen LogP contribution in [0, 0.1) is 5.92 Å².